The summed E-state index contributed by atoms with van der Waals surface area (Å²) in [5.74, 6) is 0.0167. The van der Waals surface area contributed by atoms with Crippen LogP contribution in [0.25, 0.3) is 0 Å². The summed E-state index contributed by atoms with van der Waals surface area (Å²) < 4.78 is 0.988. The van der Waals surface area contributed by atoms with Crippen LogP contribution >= 0.6 is 15.9 Å². The topological polar surface area (TPSA) is 61.4 Å². The molecule has 0 radical (unpaired) electrons. The SMILES string of the molecule is Cc1ccc(NC(=O)C2CCN(C(=O)NC3CC3)CC2)cc1Br. The molecule has 1 saturated heterocycles. The number of likely N-dealkylation sites (tertiary alicyclic amines) is 1. The minimum absolute atomic E-state index is 0.0221. The summed E-state index contributed by atoms with van der Waals surface area (Å²) >= 11 is 3.48. The van der Waals surface area contributed by atoms with Crippen molar-refractivity contribution in [3.8, 4) is 0 Å². The largest absolute Gasteiger partial charge is 0.335 e. The van der Waals surface area contributed by atoms with Crippen molar-refractivity contribution in [2.75, 3.05) is 18.4 Å². The molecule has 3 amide bonds. The van der Waals surface area contributed by atoms with Crippen molar-refractivity contribution in [1.82, 2.24) is 10.2 Å². The van der Waals surface area contributed by atoms with Gasteiger partial charge >= 0.3 is 6.03 Å². The van der Waals surface area contributed by atoms with Crippen molar-refractivity contribution < 1.29 is 9.59 Å². The maximum atomic E-state index is 12.4. The summed E-state index contributed by atoms with van der Waals surface area (Å²) in [6, 6.07) is 6.21. The van der Waals surface area contributed by atoms with Crippen LogP contribution in [0.5, 0.6) is 0 Å². The van der Waals surface area contributed by atoms with E-state index >= 15 is 0 Å². The first-order chi connectivity index (χ1) is 11.0. The highest BCUT2D eigenvalue weighted by atomic mass is 79.9. The van der Waals surface area contributed by atoms with E-state index in [0.717, 1.165) is 41.4 Å². The van der Waals surface area contributed by atoms with Gasteiger partial charge in [-0.15, -0.1) is 0 Å². The first-order valence-electron chi connectivity index (χ1n) is 8.15. The predicted octanol–water partition coefficient (Wildman–Crippen LogP) is 3.28. The lowest BCUT2D eigenvalue weighted by molar-refractivity contribution is -0.121. The van der Waals surface area contributed by atoms with E-state index < -0.39 is 0 Å². The van der Waals surface area contributed by atoms with E-state index in [2.05, 4.69) is 26.6 Å². The predicted molar refractivity (Wildman–Crippen MR) is 93.4 cm³/mol. The number of halogens is 1. The molecule has 0 unspecified atom stereocenters. The van der Waals surface area contributed by atoms with Gasteiger partial charge in [0.25, 0.3) is 0 Å². The van der Waals surface area contributed by atoms with Gasteiger partial charge in [-0.3, -0.25) is 4.79 Å². The number of benzene rings is 1. The number of piperidine rings is 1. The van der Waals surface area contributed by atoms with E-state index in [1.165, 1.54) is 0 Å². The van der Waals surface area contributed by atoms with Crippen LogP contribution in [-0.2, 0) is 4.79 Å². The van der Waals surface area contributed by atoms with Crippen LogP contribution in [0.15, 0.2) is 22.7 Å². The molecule has 124 valence electrons. The number of anilines is 1. The lowest BCUT2D eigenvalue weighted by Gasteiger charge is -2.31. The number of rotatable bonds is 3. The van der Waals surface area contributed by atoms with Gasteiger partial charge in [0.05, 0.1) is 0 Å². The van der Waals surface area contributed by atoms with Gasteiger partial charge in [-0.1, -0.05) is 22.0 Å². The molecule has 1 saturated carbocycles. The molecule has 1 heterocycles. The molecule has 0 bridgehead atoms. The van der Waals surface area contributed by atoms with Crippen molar-refractivity contribution in [3.05, 3.63) is 28.2 Å². The van der Waals surface area contributed by atoms with E-state index in [9.17, 15) is 9.59 Å². The fourth-order valence-electron chi connectivity index (χ4n) is 2.75. The lowest BCUT2D eigenvalue weighted by Crippen LogP contribution is -2.46. The molecule has 1 aromatic rings. The van der Waals surface area contributed by atoms with Gasteiger partial charge in [-0.25, -0.2) is 4.79 Å². The third kappa shape index (κ3) is 4.25. The molecule has 1 aliphatic carbocycles. The number of hydrogen-bond acceptors (Lipinski definition) is 2. The average Bonchev–Trinajstić information content (AvgIpc) is 3.35. The number of carbonyl (C=O) groups excluding carboxylic acids is 2. The Morgan fingerprint density at radius 2 is 1.87 bits per heavy atom. The third-order valence-corrected chi connectivity index (χ3v) is 5.35. The molecular formula is C17H22BrN3O2. The van der Waals surface area contributed by atoms with Crippen molar-refractivity contribution in [3.63, 3.8) is 0 Å². The lowest BCUT2D eigenvalue weighted by atomic mass is 9.96. The summed E-state index contributed by atoms with van der Waals surface area (Å²) in [6.45, 7) is 3.31. The van der Waals surface area contributed by atoms with Crippen LogP contribution < -0.4 is 10.6 Å². The maximum absolute atomic E-state index is 12.4. The van der Waals surface area contributed by atoms with Crippen LogP contribution in [0.3, 0.4) is 0 Å². The van der Waals surface area contributed by atoms with E-state index in [-0.39, 0.29) is 17.9 Å². The van der Waals surface area contributed by atoms with Crippen LogP contribution in [0, 0.1) is 12.8 Å². The Balaban J connectivity index is 1.49. The number of carbonyl (C=O) groups is 2. The van der Waals surface area contributed by atoms with E-state index in [0.29, 0.717) is 19.1 Å². The molecule has 2 aliphatic rings. The van der Waals surface area contributed by atoms with E-state index in [1.807, 2.05) is 30.0 Å². The van der Waals surface area contributed by atoms with Crippen LogP contribution in [0.2, 0.25) is 0 Å². The summed E-state index contributed by atoms with van der Waals surface area (Å²) in [7, 11) is 0. The summed E-state index contributed by atoms with van der Waals surface area (Å²) in [5, 5.41) is 5.98. The molecule has 3 rings (SSSR count). The Hall–Kier alpha value is -1.56. The zero-order valence-electron chi connectivity index (χ0n) is 13.3. The van der Waals surface area contributed by atoms with Gasteiger partial charge in [0, 0.05) is 35.2 Å². The van der Waals surface area contributed by atoms with Gasteiger partial charge in [0.2, 0.25) is 5.91 Å². The standard InChI is InChI=1S/C17H22BrN3O2/c1-11-2-3-14(10-15(11)18)19-16(22)12-6-8-21(9-7-12)17(23)20-13-4-5-13/h2-3,10,12-13H,4-9H2,1H3,(H,19,22)(H,20,23). The second-order valence-corrected chi connectivity index (χ2v) is 7.29. The Kier molecular flexibility index (Phi) is 4.90. The van der Waals surface area contributed by atoms with Crippen molar-refractivity contribution in [2.24, 2.45) is 5.92 Å². The zero-order valence-corrected chi connectivity index (χ0v) is 14.9. The quantitative estimate of drug-likeness (QED) is 0.846. The van der Waals surface area contributed by atoms with Crippen LogP contribution in [0.1, 0.15) is 31.2 Å². The molecule has 2 fully saturated rings. The Labute approximate surface area is 144 Å². The second kappa shape index (κ2) is 6.91. The number of hydrogen-bond donors (Lipinski definition) is 2. The molecule has 5 nitrogen and oxygen atoms in total. The molecule has 1 aromatic carbocycles. The number of aryl methyl sites for hydroxylation is 1. The third-order valence-electron chi connectivity index (χ3n) is 4.50. The van der Waals surface area contributed by atoms with Gasteiger partial charge in [0.1, 0.15) is 0 Å². The van der Waals surface area contributed by atoms with Gasteiger partial charge in [0.15, 0.2) is 0 Å². The van der Waals surface area contributed by atoms with Crippen molar-refractivity contribution in [2.45, 2.75) is 38.6 Å². The van der Waals surface area contributed by atoms with Crippen molar-refractivity contribution in [1.29, 1.82) is 0 Å². The fraction of sp³-hybridized carbons (Fsp3) is 0.529. The average molecular weight is 380 g/mol. The Morgan fingerprint density at radius 3 is 2.48 bits per heavy atom. The number of nitrogens with zero attached hydrogens (tertiary/aromatic N) is 1. The Morgan fingerprint density at radius 1 is 1.17 bits per heavy atom. The highest BCUT2D eigenvalue weighted by molar-refractivity contribution is 9.10. The van der Waals surface area contributed by atoms with Crippen LogP contribution in [0.4, 0.5) is 10.5 Å². The summed E-state index contributed by atoms with van der Waals surface area (Å²) in [6.07, 6.45) is 3.63. The first-order valence-corrected chi connectivity index (χ1v) is 8.94. The molecule has 0 atom stereocenters. The molecule has 6 heteroatoms. The second-order valence-electron chi connectivity index (χ2n) is 6.44. The number of amides is 3. The molecule has 23 heavy (non-hydrogen) atoms. The first kappa shape index (κ1) is 16.3. The van der Waals surface area contributed by atoms with E-state index in [4.69, 9.17) is 0 Å². The van der Waals surface area contributed by atoms with Gasteiger partial charge < -0.3 is 15.5 Å². The fourth-order valence-corrected chi connectivity index (χ4v) is 3.13. The van der Waals surface area contributed by atoms with Gasteiger partial charge in [-0.2, -0.15) is 0 Å². The monoisotopic (exact) mass is 379 g/mol. The molecule has 0 spiro atoms. The molecule has 1 aliphatic heterocycles. The smallest absolute Gasteiger partial charge is 0.317 e. The summed E-state index contributed by atoms with van der Waals surface area (Å²) in [4.78, 5) is 26.2. The number of nitrogens with one attached hydrogen (secondary N) is 2. The summed E-state index contributed by atoms with van der Waals surface area (Å²) in [5.41, 5.74) is 1.94. The maximum Gasteiger partial charge on any atom is 0.317 e. The molecule has 0 aromatic heterocycles. The molecule has 2 N–H and O–H groups in total. The highest BCUT2D eigenvalue weighted by Gasteiger charge is 2.30. The highest BCUT2D eigenvalue weighted by Crippen LogP contribution is 2.24. The minimum atomic E-state index is -0.0277. The molecular weight excluding hydrogens is 358 g/mol. The Bertz CT molecular complexity index is 608. The normalized spacial score (nSPS) is 18.6. The van der Waals surface area contributed by atoms with Crippen LogP contribution in [-0.4, -0.2) is 36.0 Å². The van der Waals surface area contributed by atoms with Crippen molar-refractivity contribution >= 4 is 33.6 Å². The number of urea groups is 1. The van der Waals surface area contributed by atoms with Gasteiger partial charge in [-0.05, 0) is 50.3 Å². The van der Waals surface area contributed by atoms with E-state index in [1.54, 1.807) is 0 Å². The minimum Gasteiger partial charge on any atom is -0.335 e. The zero-order chi connectivity index (χ0) is 16.4.